The minimum atomic E-state index is -0.654. The minimum absolute atomic E-state index is 0.0161. The van der Waals surface area contributed by atoms with E-state index >= 15 is 0 Å². The minimum Gasteiger partial charge on any atom is -0.454 e. The summed E-state index contributed by atoms with van der Waals surface area (Å²) in [7, 11) is 0. The first-order valence-electron chi connectivity index (χ1n) is 8.78. The molecule has 0 aliphatic heterocycles. The molecule has 1 aromatic carbocycles. The number of nitrogens with one attached hydrogen (secondary N) is 2. The van der Waals surface area contributed by atoms with Gasteiger partial charge in [0.25, 0.3) is 0 Å². The van der Waals surface area contributed by atoms with E-state index in [9.17, 15) is 14.0 Å². The molecule has 142 valence electrons. The highest BCUT2D eigenvalue weighted by atomic mass is 19.1. The number of nitrogens with two attached hydrogens (primary N) is 1. The van der Waals surface area contributed by atoms with Gasteiger partial charge in [0.2, 0.25) is 11.8 Å². The third kappa shape index (κ3) is 5.40. The number of carbonyl (C=O) groups excluding carboxylic acids is 2. The predicted octanol–water partition coefficient (Wildman–Crippen LogP) is 2.98. The first-order chi connectivity index (χ1) is 13.0. The molecule has 1 heterocycles. The molecule has 1 fully saturated rings. The fourth-order valence-corrected chi connectivity index (χ4v) is 2.98. The van der Waals surface area contributed by atoms with Gasteiger partial charge in [-0.25, -0.2) is 9.37 Å². The highest BCUT2D eigenvalue weighted by molar-refractivity contribution is 6.03. The molecule has 2 aromatic rings. The average Bonchev–Trinajstić information content (AvgIpc) is 3.10. The van der Waals surface area contributed by atoms with Crippen LogP contribution in [0.4, 0.5) is 15.9 Å². The average molecular weight is 372 g/mol. The number of pyridine rings is 1. The van der Waals surface area contributed by atoms with E-state index < -0.39 is 11.7 Å². The molecule has 7 nitrogen and oxygen atoms in total. The number of rotatable bonds is 6. The number of anilines is 2. The van der Waals surface area contributed by atoms with Gasteiger partial charge in [-0.15, -0.1) is 0 Å². The molecule has 1 aliphatic rings. The Hall–Kier alpha value is -3.16. The van der Waals surface area contributed by atoms with Gasteiger partial charge in [0.05, 0.1) is 0 Å². The summed E-state index contributed by atoms with van der Waals surface area (Å²) >= 11 is 0. The highest BCUT2D eigenvalue weighted by Gasteiger charge is 2.19. The number of nitrogen functional groups attached to an aromatic ring is 1. The van der Waals surface area contributed by atoms with Crippen LogP contribution >= 0.6 is 0 Å². The van der Waals surface area contributed by atoms with Crippen LogP contribution in [-0.2, 0) is 9.59 Å². The summed E-state index contributed by atoms with van der Waals surface area (Å²) in [6, 6.07) is 7.19. The normalized spacial score (nSPS) is 14.0. The molecule has 1 saturated carbocycles. The zero-order valence-electron chi connectivity index (χ0n) is 14.7. The van der Waals surface area contributed by atoms with Crippen molar-refractivity contribution in [1.82, 2.24) is 10.3 Å². The Kier molecular flexibility index (Phi) is 5.85. The second-order valence-corrected chi connectivity index (χ2v) is 6.44. The number of amides is 2. The Bertz CT molecular complexity index is 837. The van der Waals surface area contributed by atoms with Gasteiger partial charge >= 0.3 is 0 Å². The lowest BCUT2D eigenvalue weighted by Gasteiger charge is -2.12. The Labute approximate surface area is 156 Å². The number of carbonyl (C=O) groups is 2. The standard InChI is InChI=1S/C19H21FN4O3/c20-15-9-13(5-6-16(15)27-14-7-8-22-17(21)10-14)24-19(26)11-18(25)23-12-3-1-2-4-12/h5-10,12H,1-4,11H2,(H2,21,22)(H,23,25)(H,24,26). The monoisotopic (exact) mass is 372 g/mol. The summed E-state index contributed by atoms with van der Waals surface area (Å²) in [6.45, 7) is 0. The lowest BCUT2D eigenvalue weighted by atomic mass is 10.2. The summed E-state index contributed by atoms with van der Waals surface area (Å²) in [5.41, 5.74) is 5.80. The number of halogens is 1. The van der Waals surface area contributed by atoms with E-state index in [0.717, 1.165) is 31.7 Å². The second kappa shape index (κ2) is 8.48. The smallest absolute Gasteiger partial charge is 0.233 e. The molecular formula is C19H21FN4O3. The summed E-state index contributed by atoms with van der Waals surface area (Å²) in [6.07, 6.45) is 5.24. The topological polar surface area (TPSA) is 106 Å². The van der Waals surface area contributed by atoms with Crippen LogP contribution in [0.5, 0.6) is 11.5 Å². The lowest BCUT2D eigenvalue weighted by Crippen LogP contribution is -2.35. The van der Waals surface area contributed by atoms with E-state index in [1.165, 1.54) is 24.4 Å². The lowest BCUT2D eigenvalue weighted by molar-refractivity contribution is -0.127. The van der Waals surface area contributed by atoms with Crippen LogP contribution in [0.3, 0.4) is 0 Å². The molecule has 3 rings (SSSR count). The molecule has 0 spiro atoms. The van der Waals surface area contributed by atoms with Crippen molar-refractivity contribution in [3.05, 3.63) is 42.3 Å². The third-order valence-electron chi connectivity index (χ3n) is 4.24. The molecule has 1 aromatic heterocycles. The first kappa shape index (κ1) is 18.6. The van der Waals surface area contributed by atoms with E-state index in [0.29, 0.717) is 5.75 Å². The van der Waals surface area contributed by atoms with Crippen molar-refractivity contribution in [2.24, 2.45) is 0 Å². The number of nitrogens with zero attached hydrogens (tertiary/aromatic N) is 1. The van der Waals surface area contributed by atoms with Crippen LogP contribution in [0.1, 0.15) is 32.1 Å². The van der Waals surface area contributed by atoms with Gasteiger partial charge in [0, 0.05) is 30.1 Å². The Balaban J connectivity index is 1.55. The SMILES string of the molecule is Nc1cc(Oc2ccc(NC(=O)CC(=O)NC3CCCC3)cc2F)ccn1. The number of benzene rings is 1. The third-order valence-corrected chi connectivity index (χ3v) is 4.24. The number of aromatic nitrogens is 1. The molecule has 2 amide bonds. The number of hydrogen-bond donors (Lipinski definition) is 3. The molecule has 4 N–H and O–H groups in total. The first-order valence-corrected chi connectivity index (χ1v) is 8.78. The van der Waals surface area contributed by atoms with Crippen molar-refractivity contribution in [2.45, 2.75) is 38.1 Å². The molecule has 0 atom stereocenters. The summed E-state index contributed by atoms with van der Waals surface area (Å²) in [5.74, 6) is -0.888. The largest absolute Gasteiger partial charge is 0.454 e. The quantitative estimate of drug-likeness (QED) is 0.676. The van der Waals surface area contributed by atoms with E-state index in [1.54, 1.807) is 6.07 Å². The van der Waals surface area contributed by atoms with Crippen LogP contribution in [-0.4, -0.2) is 22.8 Å². The van der Waals surface area contributed by atoms with Gasteiger partial charge < -0.3 is 21.1 Å². The van der Waals surface area contributed by atoms with E-state index in [1.807, 2.05) is 0 Å². The van der Waals surface area contributed by atoms with E-state index in [2.05, 4.69) is 15.6 Å². The molecule has 8 heteroatoms. The van der Waals surface area contributed by atoms with Crippen LogP contribution in [0.25, 0.3) is 0 Å². The van der Waals surface area contributed by atoms with Gasteiger partial charge in [0.15, 0.2) is 11.6 Å². The van der Waals surface area contributed by atoms with Crippen LogP contribution in [0.15, 0.2) is 36.5 Å². The van der Waals surface area contributed by atoms with Crippen LogP contribution < -0.4 is 21.1 Å². The number of ether oxygens (including phenoxy) is 1. The van der Waals surface area contributed by atoms with Gasteiger partial charge in [-0.05, 0) is 31.0 Å². The molecule has 0 radical (unpaired) electrons. The van der Waals surface area contributed by atoms with Crippen molar-refractivity contribution < 1.29 is 18.7 Å². The van der Waals surface area contributed by atoms with Gasteiger partial charge in [-0.1, -0.05) is 12.8 Å². The van der Waals surface area contributed by atoms with Crippen molar-refractivity contribution in [2.75, 3.05) is 11.1 Å². The Morgan fingerprint density at radius 3 is 2.67 bits per heavy atom. The zero-order chi connectivity index (χ0) is 19.2. The predicted molar refractivity (Wildman–Crippen MR) is 98.8 cm³/mol. The molecular weight excluding hydrogens is 351 g/mol. The fourth-order valence-electron chi connectivity index (χ4n) is 2.98. The summed E-state index contributed by atoms with van der Waals surface area (Å²) in [5, 5.41) is 5.35. The van der Waals surface area contributed by atoms with E-state index in [4.69, 9.17) is 10.5 Å². The summed E-state index contributed by atoms with van der Waals surface area (Å²) < 4.78 is 19.6. The van der Waals surface area contributed by atoms with E-state index in [-0.39, 0.29) is 35.6 Å². The molecule has 0 unspecified atom stereocenters. The van der Waals surface area contributed by atoms with Gasteiger partial charge in [-0.3, -0.25) is 9.59 Å². The zero-order valence-corrected chi connectivity index (χ0v) is 14.7. The molecule has 27 heavy (non-hydrogen) atoms. The second-order valence-electron chi connectivity index (χ2n) is 6.44. The van der Waals surface area contributed by atoms with Crippen molar-refractivity contribution in [3.8, 4) is 11.5 Å². The Morgan fingerprint density at radius 2 is 1.96 bits per heavy atom. The number of hydrogen-bond acceptors (Lipinski definition) is 5. The molecule has 1 aliphatic carbocycles. The van der Waals surface area contributed by atoms with Crippen LogP contribution in [0.2, 0.25) is 0 Å². The molecule has 0 bridgehead atoms. The maximum absolute atomic E-state index is 14.2. The maximum atomic E-state index is 14.2. The van der Waals surface area contributed by atoms with Gasteiger partial charge in [-0.2, -0.15) is 0 Å². The summed E-state index contributed by atoms with van der Waals surface area (Å²) in [4.78, 5) is 27.7. The molecule has 0 saturated heterocycles. The maximum Gasteiger partial charge on any atom is 0.233 e. The highest BCUT2D eigenvalue weighted by Crippen LogP contribution is 2.27. The van der Waals surface area contributed by atoms with Crippen molar-refractivity contribution in [1.29, 1.82) is 0 Å². The van der Waals surface area contributed by atoms with Crippen LogP contribution in [0, 0.1) is 5.82 Å². The fraction of sp³-hybridized carbons (Fsp3) is 0.316. The Morgan fingerprint density at radius 1 is 1.19 bits per heavy atom. The van der Waals surface area contributed by atoms with Gasteiger partial charge in [0.1, 0.15) is 18.0 Å². The van der Waals surface area contributed by atoms with Crippen molar-refractivity contribution in [3.63, 3.8) is 0 Å². The van der Waals surface area contributed by atoms with Crippen molar-refractivity contribution >= 4 is 23.3 Å².